The smallest absolute Gasteiger partial charge is 0.270 e. The van der Waals surface area contributed by atoms with E-state index in [4.69, 9.17) is 4.42 Å². The van der Waals surface area contributed by atoms with Crippen LogP contribution < -0.4 is 10.6 Å². The number of rotatable bonds is 7. The number of hydrogen-bond acceptors (Lipinski definition) is 4. The molecule has 0 atom stereocenters. The van der Waals surface area contributed by atoms with E-state index in [9.17, 15) is 9.59 Å². The number of para-hydroxylation sites is 1. The van der Waals surface area contributed by atoms with Crippen LogP contribution in [0.3, 0.4) is 0 Å². The Morgan fingerprint density at radius 3 is 2.63 bits per heavy atom. The second-order valence-corrected chi connectivity index (χ2v) is 6.51. The standard InChI is InChI=1S/C20H20N4O3/c25-19(21-12-16-7-4-10-27-16)13-22-20(26)18-11-17(14-8-9-14)23-24(18)15-5-2-1-3-6-15/h1-7,10-11,14H,8-9,12-13H2,(H,21,25)(H,22,26). The van der Waals surface area contributed by atoms with Crippen LogP contribution in [0.25, 0.3) is 5.69 Å². The molecule has 0 radical (unpaired) electrons. The molecule has 0 bridgehead atoms. The number of carbonyl (C=O) groups is 2. The summed E-state index contributed by atoms with van der Waals surface area (Å²) in [6.45, 7) is 0.174. The summed E-state index contributed by atoms with van der Waals surface area (Å²) in [7, 11) is 0. The molecule has 27 heavy (non-hydrogen) atoms. The van der Waals surface area contributed by atoms with Gasteiger partial charge in [-0.1, -0.05) is 18.2 Å². The number of hydrogen-bond donors (Lipinski definition) is 2. The number of aromatic nitrogens is 2. The zero-order chi connectivity index (χ0) is 18.6. The molecule has 2 heterocycles. The van der Waals surface area contributed by atoms with Gasteiger partial charge in [0.25, 0.3) is 5.91 Å². The van der Waals surface area contributed by atoms with Gasteiger partial charge >= 0.3 is 0 Å². The van der Waals surface area contributed by atoms with Crippen molar-refractivity contribution in [2.24, 2.45) is 0 Å². The van der Waals surface area contributed by atoms with Crippen LogP contribution in [-0.2, 0) is 11.3 Å². The number of furan rings is 1. The lowest BCUT2D eigenvalue weighted by Crippen LogP contribution is -2.37. The van der Waals surface area contributed by atoms with Crippen molar-refractivity contribution in [1.82, 2.24) is 20.4 Å². The molecule has 7 nitrogen and oxygen atoms in total. The van der Waals surface area contributed by atoms with E-state index in [1.165, 1.54) is 0 Å². The normalized spacial score (nSPS) is 13.3. The molecule has 4 rings (SSSR count). The Bertz CT molecular complexity index is 928. The van der Waals surface area contributed by atoms with Gasteiger partial charge in [-0.05, 0) is 43.2 Å². The molecule has 0 spiro atoms. The lowest BCUT2D eigenvalue weighted by Gasteiger charge is -2.08. The molecule has 138 valence electrons. The van der Waals surface area contributed by atoms with Gasteiger partial charge in [-0.25, -0.2) is 4.68 Å². The molecule has 2 aromatic heterocycles. The maximum atomic E-state index is 12.7. The van der Waals surface area contributed by atoms with E-state index in [2.05, 4.69) is 15.7 Å². The largest absolute Gasteiger partial charge is 0.467 e. The molecular formula is C20H20N4O3. The Balaban J connectivity index is 1.42. The topological polar surface area (TPSA) is 89.2 Å². The maximum Gasteiger partial charge on any atom is 0.270 e. The first kappa shape index (κ1) is 17.1. The highest BCUT2D eigenvalue weighted by Crippen LogP contribution is 2.39. The fourth-order valence-corrected chi connectivity index (χ4v) is 2.82. The number of benzene rings is 1. The summed E-state index contributed by atoms with van der Waals surface area (Å²) in [5.74, 6) is 0.475. The van der Waals surface area contributed by atoms with Gasteiger partial charge in [-0.3, -0.25) is 9.59 Å². The predicted octanol–water partition coefficient (Wildman–Crippen LogP) is 2.39. The lowest BCUT2D eigenvalue weighted by atomic mass is 10.2. The van der Waals surface area contributed by atoms with Gasteiger partial charge in [0, 0.05) is 5.92 Å². The fraction of sp³-hybridized carbons (Fsp3) is 0.250. The first-order valence-corrected chi connectivity index (χ1v) is 8.93. The fourth-order valence-electron chi connectivity index (χ4n) is 2.82. The number of carbonyl (C=O) groups excluding carboxylic acids is 2. The van der Waals surface area contributed by atoms with Gasteiger partial charge in [0.2, 0.25) is 5.91 Å². The molecule has 2 N–H and O–H groups in total. The van der Waals surface area contributed by atoms with Gasteiger partial charge in [-0.15, -0.1) is 0 Å². The molecule has 0 aliphatic heterocycles. The van der Waals surface area contributed by atoms with Gasteiger partial charge in [0.1, 0.15) is 11.5 Å². The van der Waals surface area contributed by atoms with Crippen LogP contribution in [0.5, 0.6) is 0 Å². The van der Waals surface area contributed by atoms with Crippen molar-refractivity contribution >= 4 is 11.8 Å². The molecule has 1 aliphatic carbocycles. The molecule has 0 saturated heterocycles. The minimum absolute atomic E-state index is 0.113. The van der Waals surface area contributed by atoms with Crippen molar-refractivity contribution < 1.29 is 14.0 Å². The van der Waals surface area contributed by atoms with Gasteiger partial charge in [0.15, 0.2) is 0 Å². The molecule has 1 aromatic carbocycles. The van der Waals surface area contributed by atoms with E-state index in [0.717, 1.165) is 24.2 Å². The van der Waals surface area contributed by atoms with Crippen molar-refractivity contribution in [3.8, 4) is 5.69 Å². The average Bonchev–Trinajstić information content (AvgIpc) is 3.23. The zero-order valence-corrected chi connectivity index (χ0v) is 14.7. The van der Waals surface area contributed by atoms with Crippen LogP contribution in [0.1, 0.15) is 40.7 Å². The second-order valence-electron chi connectivity index (χ2n) is 6.51. The van der Waals surface area contributed by atoms with E-state index < -0.39 is 0 Å². The molecule has 1 aliphatic rings. The highest BCUT2D eigenvalue weighted by molar-refractivity contribution is 5.95. The van der Waals surface area contributed by atoms with Crippen molar-refractivity contribution in [3.63, 3.8) is 0 Å². The molecule has 7 heteroatoms. The second kappa shape index (κ2) is 7.49. The van der Waals surface area contributed by atoms with E-state index in [1.54, 1.807) is 23.1 Å². The SMILES string of the molecule is O=C(CNC(=O)c1cc(C2CC2)nn1-c1ccccc1)NCc1ccco1. The quantitative estimate of drug-likeness (QED) is 0.674. The summed E-state index contributed by atoms with van der Waals surface area (Å²) in [5.41, 5.74) is 2.17. The van der Waals surface area contributed by atoms with Crippen LogP contribution >= 0.6 is 0 Å². The number of nitrogens with zero attached hydrogens (tertiary/aromatic N) is 2. The molecule has 1 saturated carbocycles. The van der Waals surface area contributed by atoms with E-state index >= 15 is 0 Å². The highest BCUT2D eigenvalue weighted by atomic mass is 16.3. The van der Waals surface area contributed by atoms with Gasteiger partial charge in [-0.2, -0.15) is 5.10 Å². The third-order valence-corrected chi connectivity index (χ3v) is 4.41. The number of amides is 2. The third kappa shape index (κ3) is 4.08. The summed E-state index contributed by atoms with van der Waals surface area (Å²) in [6, 6.07) is 14.9. The summed E-state index contributed by atoms with van der Waals surface area (Å²) < 4.78 is 6.80. The zero-order valence-electron chi connectivity index (χ0n) is 14.7. The minimum atomic E-state index is -0.327. The summed E-state index contributed by atoms with van der Waals surface area (Å²) >= 11 is 0. The summed E-state index contributed by atoms with van der Waals surface area (Å²) in [5, 5.41) is 9.97. The number of nitrogens with one attached hydrogen (secondary N) is 2. The highest BCUT2D eigenvalue weighted by Gasteiger charge is 2.29. The molecule has 1 fully saturated rings. The van der Waals surface area contributed by atoms with Crippen LogP contribution in [0.15, 0.2) is 59.2 Å². The lowest BCUT2D eigenvalue weighted by molar-refractivity contribution is -0.120. The third-order valence-electron chi connectivity index (χ3n) is 4.41. The Hall–Kier alpha value is -3.35. The Morgan fingerprint density at radius 1 is 1.11 bits per heavy atom. The van der Waals surface area contributed by atoms with Gasteiger partial charge in [0.05, 0.1) is 30.7 Å². The Morgan fingerprint density at radius 2 is 1.93 bits per heavy atom. The Kier molecular flexibility index (Phi) is 4.74. The molecular weight excluding hydrogens is 344 g/mol. The monoisotopic (exact) mass is 364 g/mol. The van der Waals surface area contributed by atoms with Crippen LogP contribution in [0, 0.1) is 0 Å². The first-order chi connectivity index (χ1) is 13.2. The van der Waals surface area contributed by atoms with Crippen LogP contribution in [-0.4, -0.2) is 28.1 Å². The molecule has 0 unspecified atom stereocenters. The van der Waals surface area contributed by atoms with E-state index in [0.29, 0.717) is 17.4 Å². The molecule has 2 amide bonds. The van der Waals surface area contributed by atoms with Crippen molar-refractivity contribution in [3.05, 3.63) is 71.9 Å². The van der Waals surface area contributed by atoms with Crippen molar-refractivity contribution in [2.45, 2.75) is 25.3 Å². The van der Waals surface area contributed by atoms with Crippen LogP contribution in [0.2, 0.25) is 0 Å². The minimum Gasteiger partial charge on any atom is -0.467 e. The first-order valence-electron chi connectivity index (χ1n) is 8.93. The van der Waals surface area contributed by atoms with Crippen LogP contribution in [0.4, 0.5) is 0 Å². The van der Waals surface area contributed by atoms with Crippen molar-refractivity contribution in [1.29, 1.82) is 0 Å². The molecule has 3 aromatic rings. The predicted molar refractivity (Wildman–Crippen MR) is 98.4 cm³/mol. The average molecular weight is 364 g/mol. The van der Waals surface area contributed by atoms with E-state index in [1.807, 2.05) is 36.4 Å². The summed E-state index contributed by atoms with van der Waals surface area (Å²) in [4.78, 5) is 24.6. The van der Waals surface area contributed by atoms with Crippen molar-refractivity contribution in [2.75, 3.05) is 6.54 Å². The van der Waals surface area contributed by atoms with E-state index in [-0.39, 0.29) is 24.9 Å². The summed E-state index contributed by atoms with van der Waals surface area (Å²) in [6.07, 6.45) is 3.75. The van der Waals surface area contributed by atoms with Gasteiger partial charge < -0.3 is 15.1 Å². The Labute approximate surface area is 156 Å². The maximum absolute atomic E-state index is 12.7.